The second-order valence-corrected chi connectivity index (χ2v) is 6.09. The Morgan fingerprint density at radius 3 is 2.42 bits per heavy atom. The number of hydrogen-bond donors (Lipinski definition) is 1. The van der Waals surface area contributed by atoms with Crippen molar-refractivity contribution >= 4 is 0 Å². The van der Waals surface area contributed by atoms with Gasteiger partial charge in [0.25, 0.3) is 0 Å². The Morgan fingerprint density at radius 2 is 1.67 bits per heavy atom. The van der Waals surface area contributed by atoms with E-state index >= 15 is 0 Å². The van der Waals surface area contributed by atoms with Crippen molar-refractivity contribution in [1.82, 2.24) is 10.2 Å². The first-order valence-corrected chi connectivity index (χ1v) is 8.54. The van der Waals surface area contributed by atoms with Crippen molar-refractivity contribution in [2.24, 2.45) is 0 Å². The summed E-state index contributed by atoms with van der Waals surface area (Å²) in [6, 6.07) is 17.0. The van der Waals surface area contributed by atoms with Gasteiger partial charge in [0, 0.05) is 19.6 Å². The second kappa shape index (κ2) is 8.18. The van der Waals surface area contributed by atoms with Gasteiger partial charge < -0.3 is 14.8 Å². The van der Waals surface area contributed by atoms with E-state index in [-0.39, 0.29) is 6.04 Å². The van der Waals surface area contributed by atoms with Gasteiger partial charge >= 0.3 is 0 Å². The summed E-state index contributed by atoms with van der Waals surface area (Å²) in [7, 11) is 3.42. The predicted octanol–water partition coefficient (Wildman–Crippen LogP) is 3.09. The molecule has 0 saturated carbocycles. The van der Waals surface area contributed by atoms with E-state index in [9.17, 15) is 0 Å². The number of hydrogen-bond acceptors (Lipinski definition) is 4. The van der Waals surface area contributed by atoms with Crippen LogP contribution in [-0.2, 0) is 0 Å². The summed E-state index contributed by atoms with van der Waals surface area (Å²) in [5.41, 5.74) is 2.55. The molecule has 2 aromatic rings. The number of rotatable bonds is 5. The van der Waals surface area contributed by atoms with E-state index in [1.54, 1.807) is 14.2 Å². The minimum absolute atomic E-state index is 0.228. The SMILES string of the molecule is COc1ccc(C(c2cccc(OC)c2)N2CCCNCC2)cc1. The largest absolute Gasteiger partial charge is 0.497 e. The van der Waals surface area contributed by atoms with Crippen molar-refractivity contribution in [1.29, 1.82) is 0 Å². The van der Waals surface area contributed by atoms with Crippen molar-refractivity contribution in [2.75, 3.05) is 40.4 Å². The second-order valence-electron chi connectivity index (χ2n) is 6.09. The standard InChI is InChI=1S/C20H26N2O2/c1-23-18-9-7-16(8-10-18)20(22-13-4-11-21-12-14-22)17-5-3-6-19(15-17)24-2/h3,5-10,15,20-21H,4,11-14H2,1-2H3. The van der Waals surface area contributed by atoms with Gasteiger partial charge in [-0.05, 0) is 48.4 Å². The minimum Gasteiger partial charge on any atom is -0.497 e. The maximum atomic E-state index is 5.44. The molecule has 1 atom stereocenters. The Morgan fingerprint density at radius 1 is 0.875 bits per heavy atom. The summed E-state index contributed by atoms with van der Waals surface area (Å²) in [5.74, 6) is 1.79. The molecule has 4 heteroatoms. The Balaban J connectivity index is 1.97. The van der Waals surface area contributed by atoms with Gasteiger partial charge in [0.15, 0.2) is 0 Å². The summed E-state index contributed by atoms with van der Waals surface area (Å²) < 4.78 is 10.8. The molecule has 0 aliphatic carbocycles. The van der Waals surface area contributed by atoms with E-state index in [4.69, 9.17) is 9.47 Å². The van der Waals surface area contributed by atoms with Gasteiger partial charge in [-0.3, -0.25) is 4.90 Å². The number of methoxy groups -OCH3 is 2. The summed E-state index contributed by atoms with van der Waals surface area (Å²) in [5, 5.41) is 3.49. The first-order chi connectivity index (χ1) is 11.8. The van der Waals surface area contributed by atoms with Crippen LogP contribution < -0.4 is 14.8 Å². The van der Waals surface area contributed by atoms with E-state index in [2.05, 4.69) is 40.5 Å². The van der Waals surface area contributed by atoms with Crippen molar-refractivity contribution in [3.8, 4) is 11.5 Å². The Bertz CT molecular complexity index is 634. The molecule has 1 unspecified atom stereocenters. The highest BCUT2D eigenvalue weighted by Gasteiger charge is 2.23. The molecule has 1 heterocycles. The molecule has 1 fully saturated rings. The van der Waals surface area contributed by atoms with Crippen LogP contribution in [0, 0.1) is 0 Å². The maximum absolute atomic E-state index is 5.44. The highest BCUT2D eigenvalue weighted by atomic mass is 16.5. The zero-order chi connectivity index (χ0) is 16.8. The van der Waals surface area contributed by atoms with Crippen LogP contribution in [-0.4, -0.2) is 45.3 Å². The van der Waals surface area contributed by atoms with E-state index in [1.165, 1.54) is 11.1 Å². The Hall–Kier alpha value is -2.04. The molecule has 0 aromatic heterocycles. The average Bonchev–Trinajstić information content (AvgIpc) is 2.92. The third-order valence-corrected chi connectivity index (χ3v) is 4.58. The van der Waals surface area contributed by atoms with Gasteiger partial charge in [0.2, 0.25) is 0 Å². The lowest BCUT2D eigenvalue weighted by atomic mass is 9.96. The molecule has 0 radical (unpaired) electrons. The molecule has 3 rings (SSSR count). The zero-order valence-corrected chi connectivity index (χ0v) is 14.5. The van der Waals surface area contributed by atoms with Crippen LogP contribution in [0.2, 0.25) is 0 Å². The minimum atomic E-state index is 0.228. The van der Waals surface area contributed by atoms with E-state index in [0.29, 0.717) is 0 Å². The highest BCUT2D eigenvalue weighted by Crippen LogP contribution is 2.32. The molecule has 1 aliphatic heterocycles. The first kappa shape index (κ1) is 16.8. The molecule has 128 valence electrons. The van der Waals surface area contributed by atoms with Crippen LogP contribution in [0.4, 0.5) is 0 Å². The van der Waals surface area contributed by atoms with E-state index < -0.39 is 0 Å². The monoisotopic (exact) mass is 326 g/mol. The molecule has 1 saturated heterocycles. The molecular weight excluding hydrogens is 300 g/mol. The van der Waals surface area contributed by atoms with Gasteiger partial charge in [-0.2, -0.15) is 0 Å². The normalized spacial score (nSPS) is 17.1. The summed E-state index contributed by atoms with van der Waals surface area (Å²) in [6.07, 6.45) is 1.16. The predicted molar refractivity (Wildman–Crippen MR) is 96.9 cm³/mol. The van der Waals surface area contributed by atoms with Gasteiger partial charge in [0.1, 0.15) is 11.5 Å². The van der Waals surface area contributed by atoms with Crippen LogP contribution in [0.15, 0.2) is 48.5 Å². The molecule has 1 N–H and O–H groups in total. The fourth-order valence-corrected chi connectivity index (χ4v) is 3.34. The topological polar surface area (TPSA) is 33.7 Å². The molecular formula is C20H26N2O2. The van der Waals surface area contributed by atoms with Crippen molar-refractivity contribution in [2.45, 2.75) is 12.5 Å². The van der Waals surface area contributed by atoms with Crippen molar-refractivity contribution in [3.63, 3.8) is 0 Å². The molecule has 0 amide bonds. The average molecular weight is 326 g/mol. The lowest BCUT2D eigenvalue weighted by Crippen LogP contribution is -2.33. The smallest absolute Gasteiger partial charge is 0.119 e. The van der Waals surface area contributed by atoms with Gasteiger partial charge in [-0.25, -0.2) is 0 Å². The molecule has 2 aromatic carbocycles. The van der Waals surface area contributed by atoms with Crippen molar-refractivity contribution in [3.05, 3.63) is 59.7 Å². The molecule has 0 spiro atoms. The maximum Gasteiger partial charge on any atom is 0.119 e. The Kier molecular flexibility index (Phi) is 5.72. The van der Waals surface area contributed by atoms with Crippen LogP contribution >= 0.6 is 0 Å². The third kappa shape index (κ3) is 3.89. The zero-order valence-electron chi connectivity index (χ0n) is 14.5. The third-order valence-electron chi connectivity index (χ3n) is 4.58. The van der Waals surface area contributed by atoms with Gasteiger partial charge in [-0.15, -0.1) is 0 Å². The lowest BCUT2D eigenvalue weighted by molar-refractivity contribution is 0.240. The molecule has 0 bridgehead atoms. The van der Waals surface area contributed by atoms with E-state index in [1.807, 2.05) is 18.2 Å². The Labute approximate surface area is 144 Å². The van der Waals surface area contributed by atoms with Crippen LogP contribution in [0.1, 0.15) is 23.6 Å². The number of ether oxygens (including phenoxy) is 2. The summed E-state index contributed by atoms with van der Waals surface area (Å²) in [4.78, 5) is 2.55. The first-order valence-electron chi connectivity index (χ1n) is 8.54. The number of nitrogens with one attached hydrogen (secondary N) is 1. The highest BCUT2D eigenvalue weighted by molar-refractivity contribution is 5.39. The van der Waals surface area contributed by atoms with Crippen LogP contribution in [0.25, 0.3) is 0 Å². The lowest BCUT2D eigenvalue weighted by Gasteiger charge is -2.31. The van der Waals surface area contributed by atoms with Crippen LogP contribution in [0.5, 0.6) is 11.5 Å². The van der Waals surface area contributed by atoms with Gasteiger partial charge in [0.05, 0.1) is 20.3 Å². The number of benzene rings is 2. The fraction of sp³-hybridized carbons (Fsp3) is 0.400. The van der Waals surface area contributed by atoms with Gasteiger partial charge in [-0.1, -0.05) is 24.3 Å². The molecule has 1 aliphatic rings. The number of nitrogens with zero attached hydrogens (tertiary/aromatic N) is 1. The summed E-state index contributed by atoms with van der Waals surface area (Å²) >= 11 is 0. The van der Waals surface area contributed by atoms with Crippen LogP contribution in [0.3, 0.4) is 0 Å². The van der Waals surface area contributed by atoms with E-state index in [0.717, 1.165) is 44.1 Å². The van der Waals surface area contributed by atoms with Crippen molar-refractivity contribution < 1.29 is 9.47 Å². The molecule has 24 heavy (non-hydrogen) atoms. The quantitative estimate of drug-likeness (QED) is 0.915. The summed E-state index contributed by atoms with van der Waals surface area (Å²) in [6.45, 7) is 4.23. The molecule has 4 nitrogen and oxygen atoms in total. The fourth-order valence-electron chi connectivity index (χ4n) is 3.34.